The first kappa shape index (κ1) is 8.51. The van der Waals surface area contributed by atoms with Gasteiger partial charge in [0, 0.05) is 0 Å². The molecule has 0 amide bonds. The monoisotopic (exact) mass is 292 g/mol. The predicted molar refractivity (Wildman–Crippen MR) is 25.3 cm³/mol. The number of rotatable bonds is 0. The van der Waals surface area contributed by atoms with Crippen LogP contribution in [0.1, 0.15) is 0 Å². The molecule has 0 aliphatic carbocycles. The van der Waals surface area contributed by atoms with Gasteiger partial charge in [0.1, 0.15) is 0 Å². The molecule has 1 aromatic carbocycles. The number of hydrogen-bond acceptors (Lipinski definition) is 2. The molecule has 0 aromatic heterocycles. The molecular weight excluding hydrogens is 288 g/mol. The summed E-state index contributed by atoms with van der Waals surface area (Å²) in [6.07, 6.45) is 0. The van der Waals surface area contributed by atoms with Gasteiger partial charge in [-0.25, -0.2) is 0 Å². The van der Waals surface area contributed by atoms with Gasteiger partial charge in [-0.1, -0.05) is 24.3 Å². The first-order valence-corrected chi connectivity index (χ1v) is 2.24. The molecule has 1 rings (SSSR count). The second-order valence-electron chi connectivity index (χ2n) is 1.45. The molecule has 9 heavy (non-hydrogen) atoms. The van der Waals surface area contributed by atoms with Crippen LogP contribution in [0.3, 0.4) is 0 Å². The van der Waals surface area contributed by atoms with Gasteiger partial charge in [-0.05, 0) is 0 Å². The van der Waals surface area contributed by atoms with E-state index in [0.717, 1.165) is 0 Å². The molecule has 0 saturated heterocycles. The van der Waals surface area contributed by atoms with E-state index in [-0.39, 0.29) is 21.1 Å². The molecule has 0 atom stereocenters. The predicted octanol–water partition coefficient (Wildman–Crippen LogP) is -0.169. The Kier molecular flexibility index (Phi) is 3.33. The Balaban J connectivity index is 0.000000640. The summed E-state index contributed by atoms with van der Waals surface area (Å²) in [6.45, 7) is 0. The quantitative estimate of drug-likeness (QED) is 0.666. The van der Waals surface area contributed by atoms with Crippen LogP contribution in [-0.4, -0.2) is 0 Å². The van der Waals surface area contributed by atoms with Gasteiger partial charge in [0.15, 0.2) is 0 Å². The van der Waals surface area contributed by atoms with Crippen molar-refractivity contribution in [2.24, 2.45) is 0 Å². The van der Waals surface area contributed by atoms with Crippen molar-refractivity contribution in [2.45, 2.75) is 0 Å². The number of hydrogen-bond donors (Lipinski definition) is 0. The second kappa shape index (κ2) is 3.52. The molecule has 0 spiro atoms. The molecule has 0 aliphatic heterocycles. The zero-order valence-electron chi connectivity index (χ0n) is 4.53. The first-order chi connectivity index (χ1) is 3.80. The Hall–Kier alpha value is -0.492. The standard InChI is InChI=1S/C6H6O2.W/c7-5-3-1-2-4-6(5)8;/h1-4,7-8H;/q;+2/p-2. The van der Waals surface area contributed by atoms with E-state index in [1.165, 1.54) is 12.1 Å². The van der Waals surface area contributed by atoms with Crippen molar-refractivity contribution in [3.05, 3.63) is 24.3 Å². The van der Waals surface area contributed by atoms with Gasteiger partial charge in [0.25, 0.3) is 0 Å². The minimum absolute atomic E-state index is 0. The van der Waals surface area contributed by atoms with Crippen LogP contribution in [0, 0.1) is 0 Å². The first-order valence-electron chi connectivity index (χ1n) is 2.24. The molecule has 3 heteroatoms. The number of benzene rings is 1. The summed E-state index contributed by atoms with van der Waals surface area (Å²) >= 11 is 0. The van der Waals surface area contributed by atoms with E-state index < -0.39 is 11.5 Å². The van der Waals surface area contributed by atoms with E-state index in [0.29, 0.717) is 0 Å². The molecule has 46 valence electrons. The van der Waals surface area contributed by atoms with Crippen molar-refractivity contribution in [3.63, 3.8) is 0 Å². The normalized spacial score (nSPS) is 8.00. The largest absolute Gasteiger partial charge is 2.00 e. The van der Waals surface area contributed by atoms with Gasteiger partial charge in [-0.3, -0.25) is 0 Å². The zero-order chi connectivity index (χ0) is 5.98. The van der Waals surface area contributed by atoms with Gasteiger partial charge < -0.3 is 10.2 Å². The van der Waals surface area contributed by atoms with Gasteiger partial charge in [0.05, 0.1) is 0 Å². The van der Waals surface area contributed by atoms with Crippen LogP contribution in [-0.2, 0) is 21.1 Å². The van der Waals surface area contributed by atoms with Crippen LogP contribution in [0.4, 0.5) is 0 Å². The van der Waals surface area contributed by atoms with Gasteiger partial charge >= 0.3 is 21.1 Å². The van der Waals surface area contributed by atoms with Gasteiger partial charge in [-0.2, -0.15) is 0 Å². The van der Waals surface area contributed by atoms with Crippen molar-refractivity contribution in [3.8, 4) is 11.5 Å². The van der Waals surface area contributed by atoms with E-state index in [9.17, 15) is 10.2 Å². The maximum atomic E-state index is 10.3. The summed E-state index contributed by atoms with van der Waals surface area (Å²) in [5, 5.41) is 20.6. The molecule has 0 unspecified atom stereocenters. The van der Waals surface area contributed by atoms with E-state index in [1.54, 1.807) is 12.1 Å². The van der Waals surface area contributed by atoms with Crippen molar-refractivity contribution in [1.29, 1.82) is 0 Å². The Morgan fingerprint density at radius 2 is 1.22 bits per heavy atom. The molecule has 0 heterocycles. The average Bonchev–Trinajstić information content (AvgIpc) is 1.77. The third-order valence-electron chi connectivity index (χ3n) is 0.849. The van der Waals surface area contributed by atoms with Gasteiger partial charge in [-0.15, -0.1) is 11.5 Å². The van der Waals surface area contributed by atoms with Crippen LogP contribution in [0.2, 0.25) is 0 Å². The molecule has 1 aromatic rings. The third-order valence-corrected chi connectivity index (χ3v) is 0.849. The minimum Gasteiger partial charge on any atom is -0.873 e. The molecule has 0 aliphatic rings. The molecule has 0 saturated carbocycles. The SMILES string of the molecule is [O-]c1ccccc1[O-].[W+2]. The summed E-state index contributed by atoms with van der Waals surface area (Å²) in [6, 6.07) is 5.60. The summed E-state index contributed by atoms with van der Waals surface area (Å²) in [5.41, 5.74) is 0. The van der Waals surface area contributed by atoms with Crippen molar-refractivity contribution in [1.82, 2.24) is 0 Å². The van der Waals surface area contributed by atoms with Crippen LogP contribution in [0.5, 0.6) is 11.5 Å². The summed E-state index contributed by atoms with van der Waals surface area (Å²) < 4.78 is 0. The van der Waals surface area contributed by atoms with E-state index in [2.05, 4.69) is 0 Å². The smallest absolute Gasteiger partial charge is 0.873 e. The Labute approximate surface area is 67.4 Å². The molecule has 0 bridgehead atoms. The topological polar surface area (TPSA) is 46.1 Å². The van der Waals surface area contributed by atoms with Crippen LogP contribution in [0.25, 0.3) is 0 Å². The fourth-order valence-corrected chi connectivity index (χ4v) is 0.450. The molecule has 0 N–H and O–H groups in total. The Bertz CT molecular complexity index is 167. The van der Waals surface area contributed by atoms with Crippen LogP contribution < -0.4 is 10.2 Å². The zero-order valence-corrected chi connectivity index (χ0v) is 7.47. The van der Waals surface area contributed by atoms with Crippen LogP contribution >= 0.6 is 0 Å². The number of para-hydroxylation sites is 2. The summed E-state index contributed by atoms with van der Waals surface area (Å²) in [4.78, 5) is 0. The summed E-state index contributed by atoms with van der Waals surface area (Å²) in [5.74, 6) is -0.875. The minimum atomic E-state index is -0.437. The van der Waals surface area contributed by atoms with Crippen molar-refractivity contribution in [2.75, 3.05) is 0 Å². The van der Waals surface area contributed by atoms with Crippen LogP contribution in [0.15, 0.2) is 24.3 Å². The molecule has 0 fully saturated rings. The maximum Gasteiger partial charge on any atom is 2.00 e. The van der Waals surface area contributed by atoms with E-state index in [4.69, 9.17) is 0 Å². The Morgan fingerprint density at radius 3 is 1.44 bits per heavy atom. The molecule has 2 nitrogen and oxygen atoms in total. The second-order valence-corrected chi connectivity index (χ2v) is 1.45. The Morgan fingerprint density at radius 1 is 0.889 bits per heavy atom. The van der Waals surface area contributed by atoms with E-state index in [1.807, 2.05) is 0 Å². The fourth-order valence-electron chi connectivity index (χ4n) is 0.450. The van der Waals surface area contributed by atoms with Crippen molar-refractivity contribution >= 4 is 0 Å². The summed E-state index contributed by atoms with van der Waals surface area (Å²) in [7, 11) is 0. The van der Waals surface area contributed by atoms with Gasteiger partial charge in [0.2, 0.25) is 0 Å². The van der Waals surface area contributed by atoms with Crippen molar-refractivity contribution < 1.29 is 31.3 Å². The maximum absolute atomic E-state index is 10.3. The molecular formula is C6H4O2W. The average molecular weight is 292 g/mol. The fraction of sp³-hybridized carbons (Fsp3) is 0. The third kappa shape index (κ3) is 2.06. The molecule has 0 radical (unpaired) electrons. The van der Waals surface area contributed by atoms with E-state index >= 15 is 0 Å².